The van der Waals surface area contributed by atoms with Gasteiger partial charge >= 0.3 is 5.97 Å². The number of anilines is 1. The lowest BCUT2D eigenvalue weighted by Gasteiger charge is -2.22. The number of carbonyl (C=O) groups is 2. The van der Waals surface area contributed by atoms with Crippen LogP contribution in [0, 0.1) is 11.8 Å². The SMILES string of the molecule is CCCCCCOC(=O)C1[C@H]2C(=O)N(c3cccc(Cl)c3)C[C@]23C=C[C@H]1O3. The number of ether oxygens (including phenoxy) is 2. The van der Waals surface area contributed by atoms with Gasteiger partial charge in [-0.15, -0.1) is 0 Å². The first-order valence-corrected chi connectivity index (χ1v) is 10.0. The van der Waals surface area contributed by atoms with Gasteiger partial charge in [0.15, 0.2) is 0 Å². The van der Waals surface area contributed by atoms with Crippen molar-refractivity contribution in [2.75, 3.05) is 18.1 Å². The second kappa shape index (κ2) is 7.28. The first-order valence-electron chi connectivity index (χ1n) is 9.66. The van der Waals surface area contributed by atoms with Gasteiger partial charge in [0.25, 0.3) is 0 Å². The Hall–Kier alpha value is -1.85. The molecule has 0 aromatic heterocycles. The van der Waals surface area contributed by atoms with Gasteiger partial charge in [0.05, 0.1) is 25.2 Å². The molecule has 0 saturated carbocycles. The lowest BCUT2D eigenvalue weighted by atomic mass is 9.77. The van der Waals surface area contributed by atoms with E-state index in [4.69, 9.17) is 21.1 Å². The zero-order chi connectivity index (χ0) is 19.0. The fraction of sp³-hybridized carbons (Fsp3) is 0.524. The summed E-state index contributed by atoms with van der Waals surface area (Å²) in [5.41, 5.74) is -0.0147. The Bertz CT molecular complexity index is 779. The molecule has 2 bridgehead atoms. The molecule has 1 unspecified atom stereocenters. The zero-order valence-electron chi connectivity index (χ0n) is 15.4. The largest absolute Gasteiger partial charge is 0.465 e. The van der Waals surface area contributed by atoms with E-state index in [0.717, 1.165) is 31.4 Å². The lowest BCUT2D eigenvalue weighted by Crippen LogP contribution is -2.40. The second-order valence-corrected chi connectivity index (χ2v) is 7.97. The van der Waals surface area contributed by atoms with Gasteiger partial charge in [0, 0.05) is 10.7 Å². The summed E-state index contributed by atoms with van der Waals surface area (Å²) >= 11 is 6.08. The van der Waals surface area contributed by atoms with E-state index in [1.54, 1.807) is 17.0 Å². The van der Waals surface area contributed by atoms with Crippen molar-refractivity contribution in [3.05, 3.63) is 41.4 Å². The van der Waals surface area contributed by atoms with Crippen LogP contribution >= 0.6 is 11.6 Å². The molecule has 4 atom stereocenters. The first-order chi connectivity index (χ1) is 13.1. The molecule has 6 heteroatoms. The van der Waals surface area contributed by atoms with Crippen molar-refractivity contribution in [1.82, 2.24) is 0 Å². The number of hydrogen-bond donors (Lipinski definition) is 0. The van der Waals surface area contributed by atoms with Crippen LogP contribution in [-0.4, -0.2) is 36.7 Å². The maximum atomic E-state index is 13.2. The number of benzene rings is 1. The van der Waals surface area contributed by atoms with Crippen molar-refractivity contribution in [3.8, 4) is 0 Å². The van der Waals surface area contributed by atoms with Gasteiger partial charge in [-0.2, -0.15) is 0 Å². The van der Waals surface area contributed by atoms with Crippen LogP contribution in [0.1, 0.15) is 32.6 Å². The minimum absolute atomic E-state index is 0.1000. The topological polar surface area (TPSA) is 55.8 Å². The van der Waals surface area contributed by atoms with Crippen LogP contribution in [0.3, 0.4) is 0 Å². The highest BCUT2D eigenvalue weighted by molar-refractivity contribution is 6.31. The summed E-state index contributed by atoms with van der Waals surface area (Å²) < 4.78 is 11.6. The molecule has 4 rings (SSSR count). The number of fused-ring (bicyclic) bond motifs is 1. The average molecular weight is 390 g/mol. The van der Waals surface area contributed by atoms with Crippen LogP contribution in [0.25, 0.3) is 0 Å². The van der Waals surface area contributed by atoms with Gasteiger partial charge < -0.3 is 14.4 Å². The predicted octanol–water partition coefficient (Wildman–Crippen LogP) is 3.75. The van der Waals surface area contributed by atoms with Crippen molar-refractivity contribution in [2.45, 2.75) is 44.3 Å². The molecule has 3 aliphatic rings. The molecule has 5 nitrogen and oxygen atoms in total. The highest BCUT2D eigenvalue weighted by Gasteiger charge is 2.67. The molecule has 1 spiro atoms. The maximum absolute atomic E-state index is 13.2. The molecule has 2 saturated heterocycles. The fourth-order valence-corrected chi connectivity index (χ4v) is 4.61. The third kappa shape index (κ3) is 3.17. The Morgan fingerprint density at radius 3 is 3.00 bits per heavy atom. The smallest absolute Gasteiger partial charge is 0.312 e. The number of nitrogens with zero attached hydrogens (tertiary/aromatic N) is 1. The molecule has 27 heavy (non-hydrogen) atoms. The Morgan fingerprint density at radius 1 is 1.37 bits per heavy atom. The molecule has 1 aromatic rings. The summed E-state index contributed by atoms with van der Waals surface area (Å²) in [5, 5.41) is 0.568. The fourth-order valence-electron chi connectivity index (χ4n) is 4.43. The van der Waals surface area contributed by atoms with E-state index >= 15 is 0 Å². The van der Waals surface area contributed by atoms with E-state index in [-0.39, 0.29) is 18.0 Å². The molecule has 1 amide bonds. The van der Waals surface area contributed by atoms with Gasteiger partial charge in [-0.05, 0) is 24.6 Å². The molecule has 1 aromatic carbocycles. The Labute approximate surface area is 164 Å². The van der Waals surface area contributed by atoms with E-state index in [9.17, 15) is 9.59 Å². The van der Waals surface area contributed by atoms with Crippen molar-refractivity contribution < 1.29 is 19.1 Å². The summed E-state index contributed by atoms with van der Waals surface area (Å²) in [6.07, 6.45) is 7.63. The molecule has 144 valence electrons. The lowest BCUT2D eigenvalue weighted by molar-refractivity contribution is -0.152. The van der Waals surface area contributed by atoms with Gasteiger partial charge in [-0.3, -0.25) is 9.59 Å². The molecule has 0 N–H and O–H groups in total. The number of esters is 1. The van der Waals surface area contributed by atoms with Gasteiger partial charge in [0.2, 0.25) is 5.91 Å². The van der Waals surface area contributed by atoms with E-state index in [0.29, 0.717) is 18.2 Å². The van der Waals surface area contributed by atoms with Crippen LogP contribution in [0.5, 0.6) is 0 Å². The first kappa shape index (κ1) is 18.5. The van der Waals surface area contributed by atoms with Gasteiger partial charge in [-0.1, -0.05) is 56.0 Å². The minimum Gasteiger partial charge on any atom is -0.465 e. The number of carbonyl (C=O) groups excluding carboxylic acids is 2. The van der Waals surface area contributed by atoms with Crippen molar-refractivity contribution >= 4 is 29.2 Å². The van der Waals surface area contributed by atoms with Crippen LogP contribution in [0.4, 0.5) is 5.69 Å². The monoisotopic (exact) mass is 389 g/mol. The predicted molar refractivity (Wildman–Crippen MR) is 103 cm³/mol. The molecule has 2 fully saturated rings. The quantitative estimate of drug-likeness (QED) is 0.405. The molecular formula is C21H24ClNO4. The Balaban J connectivity index is 1.49. The summed E-state index contributed by atoms with van der Waals surface area (Å²) in [6, 6.07) is 7.19. The third-order valence-electron chi connectivity index (χ3n) is 5.73. The minimum atomic E-state index is -0.740. The van der Waals surface area contributed by atoms with Crippen molar-refractivity contribution in [2.24, 2.45) is 11.8 Å². The van der Waals surface area contributed by atoms with E-state index in [2.05, 4.69) is 6.92 Å². The van der Waals surface area contributed by atoms with Crippen LogP contribution < -0.4 is 4.90 Å². The van der Waals surface area contributed by atoms with Gasteiger partial charge in [0.1, 0.15) is 11.5 Å². The number of unbranched alkanes of at least 4 members (excludes halogenated alkanes) is 3. The zero-order valence-corrected chi connectivity index (χ0v) is 16.2. The van der Waals surface area contributed by atoms with Crippen molar-refractivity contribution in [3.63, 3.8) is 0 Å². The molecular weight excluding hydrogens is 366 g/mol. The molecule has 0 aliphatic carbocycles. The number of rotatable bonds is 7. The Kier molecular flexibility index (Phi) is 4.99. The summed E-state index contributed by atoms with van der Waals surface area (Å²) in [4.78, 5) is 27.6. The second-order valence-electron chi connectivity index (χ2n) is 7.53. The highest BCUT2D eigenvalue weighted by Crippen LogP contribution is 2.53. The summed E-state index contributed by atoms with van der Waals surface area (Å²) in [6.45, 7) is 2.93. The van der Waals surface area contributed by atoms with Crippen LogP contribution in [0.15, 0.2) is 36.4 Å². The maximum Gasteiger partial charge on any atom is 0.312 e. The normalized spacial score (nSPS) is 30.8. The number of hydrogen-bond acceptors (Lipinski definition) is 4. The van der Waals surface area contributed by atoms with E-state index in [1.807, 2.05) is 24.3 Å². The van der Waals surface area contributed by atoms with E-state index in [1.165, 1.54) is 0 Å². The van der Waals surface area contributed by atoms with Crippen molar-refractivity contribution in [1.29, 1.82) is 0 Å². The average Bonchev–Trinajstić information content (AvgIpc) is 3.30. The van der Waals surface area contributed by atoms with Crippen LogP contribution in [-0.2, 0) is 19.1 Å². The summed E-state index contributed by atoms with van der Waals surface area (Å²) in [7, 11) is 0. The Morgan fingerprint density at radius 2 is 2.22 bits per heavy atom. The van der Waals surface area contributed by atoms with Gasteiger partial charge in [-0.25, -0.2) is 0 Å². The molecule has 3 aliphatic heterocycles. The standard InChI is InChI=1S/C21H24ClNO4/c1-2-3-4-5-11-26-20(25)17-16-9-10-21(27-16)13-23(19(24)18(17)21)15-8-6-7-14(22)12-15/h6-10,12,16-18H,2-5,11,13H2,1H3/t16-,17?,18+,21-/m1/s1. The highest BCUT2D eigenvalue weighted by atomic mass is 35.5. The van der Waals surface area contributed by atoms with E-state index < -0.39 is 17.4 Å². The third-order valence-corrected chi connectivity index (χ3v) is 5.97. The number of halogens is 1. The molecule has 0 radical (unpaired) electrons. The number of amides is 1. The van der Waals surface area contributed by atoms with Crippen LogP contribution in [0.2, 0.25) is 5.02 Å². The summed E-state index contributed by atoms with van der Waals surface area (Å²) in [5.74, 6) is -1.53. The molecule has 3 heterocycles.